The van der Waals surface area contributed by atoms with Crippen LogP contribution in [0.2, 0.25) is 0 Å². The third-order valence-electron chi connectivity index (χ3n) is 2.93. The van der Waals surface area contributed by atoms with Crippen molar-refractivity contribution in [1.82, 2.24) is 5.32 Å². The van der Waals surface area contributed by atoms with Gasteiger partial charge in [0.1, 0.15) is 6.61 Å². The van der Waals surface area contributed by atoms with Gasteiger partial charge in [0.2, 0.25) is 0 Å². The molecule has 1 rings (SSSR count). The van der Waals surface area contributed by atoms with Crippen molar-refractivity contribution in [2.45, 2.75) is 33.2 Å². The number of hydrogen-bond acceptors (Lipinski definition) is 4. The summed E-state index contributed by atoms with van der Waals surface area (Å²) in [7, 11) is 1.66. The molecule has 0 fully saturated rings. The second kappa shape index (κ2) is 10.5. The first kappa shape index (κ1) is 16.8. The van der Waals surface area contributed by atoms with E-state index in [1.54, 1.807) is 7.11 Å². The predicted octanol–water partition coefficient (Wildman–Crippen LogP) is 3.00. The number of hydrogen-bond donors (Lipinski definition) is 1. The number of benzene rings is 1. The lowest BCUT2D eigenvalue weighted by molar-refractivity contribution is 0.0970. The normalized spacial score (nSPS) is 10.6. The van der Waals surface area contributed by atoms with Crippen LogP contribution < -0.4 is 14.8 Å². The van der Waals surface area contributed by atoms with Gasteiger partial charge in [0.15, 0.2) is 11.5 Å². The summed E-state index contributed by atoms with van der Waals surface area (Å²) in [5.74, 6) is 1.54. The van der Waals surface area contributed by atoms with Crippen LogP contribution in [0.1, 0.15) is 32.3 Å². The molecule has 1 aromatic carbocycles. The van der Waals surface area contributed by atoms with E-state index in [0.29, 0.717) is 13.2 Å². The summed E-state index contributed by atoms with van der Waals surface area (Å²) in [5, 5.41) is 3.30. The molecule has 114 valence electrons. The first-order chi connectivity index (χ1) is 9.81. The first-order valence-electron chi connectivity index (χ1n) is 7.40. The Morgan fingerprint density at radius 3 is 2.60 bits per heavy atom. The minimum atomic E-state index is 0.546. The van der Waals surface area contributed by atoms with Crippen LogP contribution in [0.25, 0.3) is 0 Å². The Bertz CT molecular complexity index is 369. The fraction of sp³-hybridized carbons (Fsp3) is 0.625. The summed E-state index contributed by atoms with van der Waals surface area (Å²) in [6, 6.07) is 6.01. The number of rotatable bonds is 11. The fourth-order valence-corrected chi connectivity index (χ4v) is 1.77. The van der Waals surface area contributed by atoms with E-state index in [-0.39, 0.29) is 0 Å². The zero-order valence-electron chi connectivity index (χ0n) is 12.9. The average molecular weight is 281 g/mol. The Hall–Kier alpha value is -1.26. The van der Waals surface area contributed by atoms with Gasteiger partial charge in [0, 0.05) is 13.2 Å². The Kier molecular flexibility index (Phi) is 8.83. The SMILES string of the molecule is CCCCOCCOc1cc(CNCC)ccc1OC. The van der Waals surface area contributed by atoms with Gasteiger partial charge in [0.05, 0.1) is 13.7 Å². The molecule has 0 unspecified atom stereocenters. The molecule has 0 saturated heterocycles. The van der Waals surface area contributed by atoms with Crippen molar-refractivity contribution in [3.05, 3.63) is 23.8 Å². The highest BCUT2D eigenvalue weighted by molar-refractivity contribution is 5.42. The number of ether oxygens (including phenoxy) is 3. The standard InChI is InChI=1S/C16H27NO3/c1-4-6-9-19-10-11-20-16-12-14(13-17-5-2)7-8-15(16)18-3/h7-8,12,17H,4-6,9-11,13H2,1-3H3. The van der Waals surface area contributed by atoms with Gasteiger partial charge < -0.3 is 19.5 Å². The maximum Gasteiger partial charge on any atom is 0.161 e. The van der Waals surface area contributed by atoms with Crippen molar-refractivity contribution >= 4 is 0 Å². The Balaban J connectivity index is 2.44. The maximum absolute atomic E-state index is 5.75. The molecule has 0 saturated carbocycles. The van der Waals surface area contributed by atoms with Crippen molar-refractivity contribution in [2.75, 3.05) is 33.5 Å². The summed E-state index contributed by atoms with van der Waals surface area (Å²) in [6.07, 6.45) is 2.25. The van der Waals surface area contributed by atoms with Crippen LogP contribution in [-0.4, -0.2) is 33.5 Å². The molecule has 0 bridgehead atoms. The van der Waals surface area contributed by atoms with Crippen LogP contribution in [0, 0.1) is 0 Å². The van der Waals surface area contributed by atoms with Gasteiger partial charge in [0.25, 0.3) is 0 Å². The lowest BCUT2D eigenvalue weighted by atomic mass is 10.2. The predicted molar refractivity (Wildman–Crippen MR) is 81.6 cm³/mol. The third-order valence-corrected chi connectivity index (χ3v) is 2.93. The van der Waals surface area contributed by atoms with E-state index in [1.165, 1.54) is 5.56 Å². The van der Waals surface area contributed by atoms with E-state index >= 15 is 0 Å². The van der Waals surface area contributed by atoms with Gasteiger partial charge in [-0.1, -0.05) is 26.3 Å². The molecular formula is C16H27NO3. The van der Waals surface area contributed by atoms with Crippen LogP contribution in [0.5, 0.6) is 11.5 Å². The van der Waals surface area contributed by atoms with E-state index in [2.05, 4.69) is 19.2 Å². The molecule has 4 nitrogen and oxygen atoms in total. The average Bonchev–Trinajstić information content (AvgIpc) is 2.48. The molecular weight excluding hydrogens is 254 g/mol. The van der Waals surface area contributed by atoms with E-state index in [9.17, 15) is 0 Å². The van der Waals surface area contributed by atoms with Gasteiger partial charge in [-0.05, 0) is 30.7 Å². The molecule has 4 heteroatoms. The molecule has 0 aliphatic rings. The maximum atomic E-state index is 5.75. The van der Waals surface area contributed by atoms with Crippen molar-refractivity contribution in [3.8, 4) is 11.5 Å². The second-order valence-corrected chi connectivity index (χ2v) is 4.58. The number of unbranched alkanes of at least 4 members (excludes halogenated alkanes) is 1. The van der Waals surface area contributed by atoms with Crippen LogP contribution >= 0.6 is 0 Å². The lowest BCUT2D eigenvalue weighted by Crippen LogP contribution is -2.12. The molecule has 0 heterocycles. The minimum absolute atomic E-state index is 0.546. The molecule has 0 amide bonds. The van der Waals surface area contributed by atoms with Gasteiger partial charge >= 0.3 is 0 Å². The van der Waals surface area contributed by atoms with Crippen LogP contribution in [-0.2, 0) is 11.3 Å². The lowest BCUT2D eigenvalue weighted by Gasteiger charge is -2.12. The molecule has 0 spiro atoms. The number of nitrogens with one attached hydrogen (secondary N) is 1. The van der Waals surface area contributed by atoms with E-state index in [1.807, 2.05) is 18.2 Å². The van der Waals surface area contributed by atoms with E-state index in [0.717, 1.165) is 44.0 Å². The fourth-order valence-electron chi connectivity index (χ4n) is 1.77. The Morgan fingerprint density at radius 1 is 1.05 bits per heavy atom. The van der Waals surface area contributed by atoms with Crippen LogP contribution in [0.15, 0.2) is 18.2 Å². The highest BCUT2D eigenvalue weighted by atomic mass is 16.5. The van der Waals surface area contributed by atoms with Crippen molar-refractivity contribution in [3.63, 3.8) is 0 Å². The van der Waals surface area contributed by atoms with E-state index < -0.39 is 0 Å². The highest BCUT2D eigenvalue weighted by Crippen LogP contribution is 2.27. The summed E-state index contributed by atoms with van der Waals surface area (Å²) < 4.78 is 16.6. The summed E-state index contributed by atoms with van der Waals surface area (Å²) in [4.78, 5) is 0. The molecule has 1 N–H and O–H groups in total. The minimum Gasteiger partial charge on any atom is -0.493 e. The van der Waals surface area contributed by atoms with Crippen LogP contribution in [0.3, 0.4) is 0 Å². The summed E-state index contributed by atoms with van der Waals surface area (Å²) in [5.41, 5.74) is 1.19. The van der Waals surface area contributed by atoms with Crippen LogP contribution in [0.4, 0.5) is 0 Å². The van der Waals surface area contributed by atoms with Gasteiger partial charge in [-0.2, -0.15) is 0 Å². The smallest absolute Gasteiger partial charge is 0.161 e. The molecule has 1 aromatic rings. The van der Waals surface area contributed by atoms with Crippen molar-refractivity contribution < 1.29 is 14.2 Å². The van der Waals surface area contributed by atoms with Gasteiger partial charge in [-0.3, -0.25) is 0 Å². The number of methoxy groups -OCH3 is 1. The monoisotopic (exact) mass is 281 g/mol. The van der Waals surface area contributed by atoms with Gasteiger partial charge in [-0.25, -0.2) is 0 Å². The Morgan fingerprint density at radius 2 is 1.90 bits per heavy atom. The zero-order chi connectivity index (χ0) is 14.6. The topological polar surface area (TPSA) is 39.7 Å². The molecule has 0 aromatic heterocycles. The zero-order valence-corrected chi connectivity index (χ0v) is 12.9. The summed E-state index contributed by atoms with van der Waals surface area (Å²) >= 11 is 0. The molecule has 0 aliphatic carbocycles. The largest absolute Gasteiger partial charge is 0.493 e. The molecule has 20 heavy (non-hydrogen) atoms. The molecule has 0 atom stereocenters. The van der Waals surface area contributed by atoms with E-state index in [4.69, 9.17) is 14.2 Å². The van der Waals surface area contributed by atoms with Crippen molar-refractivity contribution in [2.24, 2.45) is 0 Å². The van der Waals surface area contributed by atoms with Crippen molar-refractivity contribution in [1.29, 1.82) is 0 Å². The molecule has 0 radical (unpaired) electrons. The van der Waals surface area contributed by atoms with Gasteiger partial charge in [-0.15, -0.1) is 0 Å². The quantitative estimate of drug-likeness (QED) is 0.633. The highest BCUT2D eigenvalue weighted by Gasteiger charge is 2.05. The molecule has 0 aliphatic heterocycles. The second-order valence-electron chi connectivity index (χ2n) is 4.58. The third kappa shape index (κ3) is 6.26. The summed E-state index contributed by atoms with van der Waals surface area (Å²) in [6.45, 7) is 8.00. The Labute approximate surface area is 122 Å². The first-order valence-corrected chi connectivity index (χ1v) is 7.40.